The molecular formula is C23H19ClN8O4. The van der Waals surface area contributed by atoms with E-state index in [1.807, 2.05) is 0 Å². The van der Waals surface area contributed by atoms with E-state index in [0.717, 1.165) is 0 Å². The highest BCUT2D eigenvalue weighted by atomic mass is 35.5. The number of nitrogens with zero attached hydrogens (tertiary/aromatic N) is 5. The number of carboxylic acid groups (broad SMARTS) is 1. The number of carboxylic acids is 1. The van der Waals surface area contributed by atoms with Gasteiger partial charge in [0.25, 0.3) is 0 Å². The fraction of sp³-hybridized carbons (Fsp3) is 0.0870. The number of amides is 2. The van der Waals surface area contributed by atoms with Gasteiger partial charge < -0.3 is 20.7 Å². The van der Waals surface area contributed by atoms with Crippen LogP contribution >= 0.6 is 11.6 Å². The van der Waals surface area contributed by atoms with Gasteiger partial charge in [-0.3, -0.25) is 9.59 Å². The maximum atomic E-state index is 13.0. The summed E-state index contributed by atoms with van der Waals surface area (Å²) >= 11 is 6.11. The normalized spacial score (nSPS) is 11.8. The Morgan fingerprint density at radius 3 is 2.64 bits per heavy atom. The van der Waals surface area contributed by atoms with Crippen molar-refractivity contribution >= 4 is 41.1 Å². The number of H-pyrrole nitrogens is 1. The number of hydrogen-bond donors (Lipinski definition) is 4. The molecule has 0 fully saturated rings. The van der Waals surface area contributed by atoms with Crippen molar-refractivity contribution < 1.29 is 19.5 Å². The van der Waals surface area contributed by atoms with Crippen LogP contribution in [-0.4, -0.2) is 59.1 Å². The van der Waals surface area contributed by atoms with Gasteiger partial charge in [0, 0.05) is 35.0 Å². The number of hydrogen-bond acceptors (Lipinski definition) is 7. The van der Waals surface area contributed by atoms with Gasteiger partial charge in [0.1, 0.15) is 12.4 Å². The third kappa shape index (κ3) is 6.18. The van der Waals surface area contributed by atoms with E-state index in [1.165, 1.54) is 53.8 Å². The summed E-state index contributed by atoms with van der Waals surface area (Å²) < 4.78 is 1.43. The van der Waals surface area contributed by atoms with Crippen molar-refractivity contribution in [1.82, 2.24) is 35.5 Å². The minimum Gasteiger partial charge on any atom is -0.478 e. The van der Waals surface area contributed by atoms with Crippen LogP contribution in [0.3, 0.4) is 0 Å². The van der Waals surface area contributed by atoms with E-state index in [-0.39, 0.29) is 12.0 Å². The van der Waals surface area contributed by atoms with Crippen molar-refractivity contribution in [2.75, 3.05) is 5.32 Å². The predicted molar refractivity (Wildman–Crippen MR) is 129 cm³/mol. The lowest BCUT2D eigenvalue weighted by Crippen LogP contribution is -2.44. The van der Waals surface area contributed by atoms with Crippen LogP contribution in [0.2, 0.25) is 5.02 Å². The Hall–Kier alpha value is -4.84. The summed E-state index contributed by atoms with van der Waals surface area (Å²) in [6.07, 6.45) is 7.42. The molecule has 0 spiro atoms. The van der Waals surface area contributed by atoms with Crippen molar-refractivity contribution in [3.8, 4) is 5.69 Å². The molecule has 0 aliphatic heterocycles. The number of aromatic nitrogens is 6. The van der Waals surface area contributed by atoms with Crippen LogP contribution in [0, 0.1) is 0 Å². The van der Waals surface area contributed by atoms with Gasteiger partial charge in [0.2, 0.25) is 11.8 Å². The largest absolute Gasteiger partial charge is 0.478 e. The lowest BCUT2D eigenvalue weighted by atomic mass is 10.1. The van der Waals surface area contributed by atoms with Crippen LogP contribution in [0.25, 0.3) is 11.8 Å². The van der Waals surface area contributed by atoms with Crippen molar-refractivity contribution in [2.45, 2.75) is 12.5 Å². The standard InChI is InChI=1S/C23H19ClN8O4/c24-16-4-7-20(32-13-27-30-31-32)15(9-16)3-8-21(33)29-19(10-18-11-25-12-26-18)22(34)28-17-5-1-14(2-6-17)23(35)36/h1-9,11-13,19H,10H2,(H,25,26)(H,28,34)(H,29,33)(H,35,36)/t19-/m0/s1. The van der Waals surface area contributed by atoms with Crippen LogP contribution in [0.15, 0.2) is 67.4 Å². The number of anilines is 1. The smallest absolute Gasteiger partial charge is 0.335 e. The van der Waals surface area contributed by atoms with Crippen molar-refractivity contribution in [1.29, 1.82) is 0 Å². The maximum Gasteiger partial charge on any atom is 0.335 e. The topological polar surface area (TPSA) is 168 Å². The first-order chi connectivity index (χ1) is 17.4. The monoisotopic (exact) mass is 506 g/mol. The highest BCUT2D eigenvalue weighted by molar-refractivity contribution is 6.30. The first-order valence-electron chi connectivity index (χ1n) is 10.5. The molecule has 2 aromatic heterocycles. The molecule has 4 rings (SSSR count). The van der Waals surface area contributed by atoms with Crippen molar-refractivity contribution in [3.05, 3.63) is 89.2 Å². The number of aromatic carboxylic acids is 1. The zero-order valence-electron chi connectivity index (χ0n) is 18.5. The fourth-order valence-corrected chi connectivity index (χ4v) is 3.45. The molecule has 2 aromatic carbocycles. The summed E-state index contributed by atoms with van der Waals surface area (Å²) in [5.41, 5.74) is 2.21. The number of nitrogens with one attached hydrogen (secondary N) is 3. The molecular weight excluding hydrogens is 488 g/mol. The SMILES string of the molecule is O=C(C=Cc1cc(Cl)ccc1-n1cnnn1)N[C@@H](Cc1c[nH]cn1)C(=O)Nc1ccc(C(=O)O)cc1. The number of tetrazole rings is 1. The van der Waals surface area contributed by atoms with Crippen molar-refractivity contribution in [2.24, 2.45) is 0 Å². The Kier molecular flexibility index (Phi) is 7.46. The zero-order chi connectivity index (χ0) is 25.5. The van der Waals surface area contributed by atoms with E-state index in [1.54, 1.807) is 24.4 Å². The Balaban J connectivity index is 1.50. The van der Waals surface area contributed by atoms with E-state index in [2.05, 4.69) is 36.1 Å². The van der Waals surface area contributed by atoms with Gasteiger partial charge in [-0.15, -0.1) is 5.10 Å². The van der Waals surface area contributed by atoms with Crippen LogP contribution in [-0.2, 0) is 16.0 Å². The Morgan fingerprint density at radius 2 is 1.97 bits per heavy atom. The molecule has 36 heavy (non-hydrogen) atoms. The highest BCUT2D eigenvalue weighted by Crippen LogP contribution is 2.20. The van der Waals surface area contributed by atoms with Gasteiger partial charge in [0.15, 0.2) is 0 Å². The Labute approximate surface area is 209 Å². The molecule has 13 heteroatoms. The lowest BCUT2D eigenvalue weighted by molar-refractivity contribution is -0.123. The van der Waals surface area contributed by atoms with E-state index in [0.29, 0.717) is 27.7 Å². The first kappa shape index (κ1) is 24.3. The molecule has 182 valence electrons. The summed E-state index contributed by atoms with van der Waals surface area (Å²) in [5, 5.41) is 25.9. The summed E-state index contributed by atoms with van der Waals surface area (Å²) in [5.74, 6) is -2.11. The molecule has 0 bridgehead atoms. The van der Waals surface area contributed by atoms with Crippen LogP contribution in [0.1, 0.15) is 21.6 Å². The van der Waals surface area contributed by atoms with Gasteiger partial charge in [-0.2, -0.15) is 4.68 Å². The second-order valence-corrected chi connectivity index (χ2v) is 7.92. The summed E-state index contributed by atoms with van der Waals surface area (Å²) in [7, 11) is 0. The Bertz CT molecular complexity index is 1390. The third-order valence-corrected chi connectivity index (χ3v) is 5.24. The van der Waals surface area contributed by atoms with E-state index < -0.39 is 23.8 Å². The number of rotatable bonds is 9. The Morgan fingerprint density at radius 1 is 1.17 bits per heavy atom. The second-order valence-electron chi connectivity index (χ2n) is 7.49. The van der Waals surface area contributed by atoms with Gasteiger partial charge in [0.05, 0.1) is 23.3 Å². The molecule has 0 saturated carbocycles. The van der Waals surface area contributed by atoms with Gasteiger partial charge in [-0.05, 0) is 59.0 Å². The quantitative estimate of drug-likeness (QED) is 0.250. The average Bonchev–Trinajstić information content (AvgIpc) is 3.57. The molecule has 0 radical (unpaired) electrons. The van der Waals surface area contributed by atoms with Gasteiger partial charge >= 0.3 is 5.97 Å². The van der Waals surface area contributed by atoms with E-state index >= 15 is 0 Å². The average molecular weight is 507 g/mol. The third-order valence-electron chi connectivity index (χ3n) is 5.00. The van der Waals surface area contributed by atoms with E-state index in [9.17, 15) is 14.4 Å². The molecule has 2 amide bonds. The predicted octanol–water partition coefficient (Wildman–Crippen LogP) is 2.12. The molecule has 0 aliphatic carbocycles. The molecule has 4 N–H and O–H groups in total. The van der Waals surface area contributed by atoms with Crippen LogP contribution in [0.4, 0.5) is 5.69 Å². The minimum absolute atomic E-state index is 0.0848. The van der Waals surface area contributed by atoms with Gasteiger partial charge in [-0.1, -0.05) is 11.6 Å². The number of benzene rings is 2. The molecule has 12 nitrogen and oxygen atoms in total. The van der Waals surface area contributed by atoms with Gasteiger partial charge in [-0.25, -0.2) is 9.78 Å². The molecule has 1 atom stereocenters. The number of aromatic amines is 1. The summed E-state index contributed by atoms with van der Waals surface area (Å²) in [6.45, 7) is 0. The molecule has 4 aromatic rings. The number of imidazole rings is 1. The number of halogens is 1. The number of carbonyl (C=O) groups excluding carboxylic acids is 2. The second kappa shape index (κ2) is 11.1. The lowest BCUT2D eigenvalue weighted by Gasteiger charge is -2.17. The maximum absolute atomic E-state index is 13.0. The molecule has 0 saturated heterocycles. The zero-order valence-corrected chi connectivity index (χ0v) is 19.3. The molecule has 0 aliphatic rings. The first-order valence-corrected chi connectivity index (χ1v) is 10.9. The summed E-state index contributed by atoms with van der Waals surface area (Å²) in [4.78, 5) is 43.7. The fourth-order valence-electron chi connectivity index (χ4n) is 3.27. The van der Waals surface area contributed by atoms with Crippen LogP contribution in [0.5, 0.6) is 0 Å². The van der Waals surface area contributed by atoms with E-state index in [4.69, 9.17) is 16.7 Å². The van der Waals surface area contributed by atoms with Crippen molar-refractivity contribution in [3.63, 3.8) is 0 Å². The molecule has 0 unspecified atom stereocenters. The minimum atomic E-state index is -1.08. The number of carbonyl (C=O) groups is 3. The van der Waals surface area contributed by atoms with Crippen LogP contribution < -0.4 is 10.6 Å². The summed E-state index contributed by atoms with van der Waals surface area (Å²) in [6, 6.07) is 9.73. The molecule has 2 heterocycles. The highest BCUT2D eigenvalue weighted by Gasteiger charge is 2.22.